The van der Waals surface area contributed by atoms with Crippen LogP contribution in [0.4, 0.5) is 0 Å². The summed E-state index contributed by atoms with van der Waals surface area (Å²) in [5, 5.41) is 9.86. The zero-order valence-corrected chi connectivity index (χ0v) is 8.16. The van der Waals surface area contributed by atoms with Crippen LogP contribution >= 0.6 is 0 Å². The summed E-state index contributed by atoms with van der Waals surface area (Å²) in [6.07, 6.45) is 0.554. The van der Waals surface area contributed by atoms with Gasteiger partial charge in [0.2, 0.25) is 0 Å². The predicted molar refractivity (Wildman–Crippen MR) is 50.2 cm³/mol. The Hall–Kier alpha value is -1.03. The second kappa shape index (κ2) is 3.15. The topological polar surface area (TPSA) is 23.8 Å². The molecule has 1 heterocycles. The molecule has 0 N–H and O–H groups in total. The Morgan fingerprint density at radius 3 is 3.00 bits per heavy atom. The summed E-state index contributed by atoms with van der Waals surface area (Å²) in [6, 6.07) is 10.5. The molecule has 1 aromatic carbocycles. The van der Waals surface area contributed by atoms with Gasteiger partial charge < -0.3 is 0 Å². The molecule has 0 radical (unpaired) electrons. The zero-order valence-electron chi connectivity index (χ0n) is 6.45. The summed E-state index contributed by atoms with van der Waals surface area (Å²) in [4.78, 5) is 2.21. The van der Waals surface area contributed by atoms with Crippen molar-refractivity contribution in [2.24, 2.45) is 0 Å². The van der Waals surface area contributed by atoms with Gasteiger partial charge in [0, 0.05) is 0 Å². The number of hydrogen-bond donors (Lipinski definition) is 0. The summed E-state index contributed by atoms with van der Waals surface area (Å²) in [6.45, 7) is 0. The van der Waals surface area contributed by atoms with Crippen molar-refractivity contribution in [1.82, 2.24) is 0 Å². The normalized spacial score (nSPS) is 9.92. The summed E-state index contributed by atoms with van der Waals surface area (Å²) in [7, 11) is 0. The Bertz CT molecular complexity index is 436. The van der Waals surface area contributed by atoms with E-state index in [2.05, 4.69) is 29.2 Å². The monoisotopic (exact) mass is 221 g/mol. The molecule has 2 aromatic rings. The maximum absolute atomic E-state index is 8.57. The van der Waals surface area contributed by atoms with E-state index >= 15 is 0 Å². The van der Waals surface area contributed by atoms with Crippen molar-refractivity contribution in [3.8, 4) is 6.07 Å². The van der Waals surface area contributed by atoms with Gasteiger partial charge in [-0.15, -0.1) is 0 Å². The summed E-state index contributed by atoms with van der Waals surface area (Å²) >= 11 is 0.461. The molecule has 0 aliphatic carbocycles. The molecule has 0 atom stereocenters. The molecule has 2 heteroatoms. The van der Waals surface area contributed by atoms with E-state index in [1.54, 1.807) is 0 Å². The third kappa shape index (κ3) is 1.18. The van der Waals surface area contributed by atoms with Crippen LogP contribution in [0.15, 0.2) is 29.2 Å². The van der Waals surface area contributed by atoms with Gasteiger partial charge in [-0.25, -0.2) is 0 Å². The molecule has 0 bridgehead atoms. The van der Waals surface area contributed by atoms with Crippen molar-refractivity contribution in [3.05, 3.63) is 34.8 Å². The number of nitriles is 1. The second-order valence-corrected chi connectivity index (χ2v) is 4.50. The van der Waals surface area contributed by atoms with E-state index in [0.717, 1.165) is 0 Å². The molecule has 0 spiro atoms. The number of benzene rings is 1. The van der Waals surface area contributed by atoms with Gasteiger partial charge in [-0.2, -0.15) is 0 Å². The summed E-state index contributed by atoms with van der Waals surface area (Å²) in [5.74, 6) is 0. The van der Waals surface area contributed by atoms with Gasteiger partial charge in [-0.3, -0.25) is 0 Å². The van der Waals surface area contributed by atoms with Crippen LogP contribution < -0.4 is 0 Å². The molecule has 0 aliphatic heterocycles. The fourth-order valence-electron chi connectivity index (χ4n) is 1.25. The van der Waals surface area contributed by atoms with Crippen molar-refractivity contribution in [2.45, 2.75) is 6.42 Å². The van der Waals surface area contributed by atoms with Gasteiger partial charge in [0.25, 0.3) is 0 Å². The number of rotatable bonds is 1. The molecule has 0 unspecified atom stereocenters. The van der Waals surface area contributed by atoms with E-state index in [-0.39, 0.29) is 0 Å². The van der Waals surface area contributed by atoms with E-state index in [0.29, 0.717) is 20.9 Å². The van der Waals surface area contributed by atoms with Gasteiger partial charge >= 0.3 is 76.7 Å². The molecule has 0 fully saturated rings. The van der Waals surface area contributed by atoms with E-state index in [1.807, 2.05) is 6.07 Å². The van der Waals surface area contributed by atoms with Crippen LogP contribution in [0.5, 0.6) is 0 Å². The molecule has 2 rings (SSSR count). The number of nitrogens with zero attached hydrogens (tertiary/aromatic N) is 1. The molecular weight excluding hydrogens is 213 g/mol. The van der Waals surface area contributed by atoms with Gasteiger partial charge in [0.15, 0.2) is 0 Å². The van der Waals surface area contributed by atoms with Crippen molar-refractivity contribution >= 4 is 24.1 Å². The van der Waals surface area contributed by atoms with Crippen molar-refractivity contribution in [3.63, 3.8) is 0 Å². The average molecular weight is 220 g/mol. The average Bonchev–Trinajstić information content (AvgIpc) is 2.50. The van der Waals surface area contributed by atoms with E-state index in [4.69, 9.17) is 5.26 Å². The second-order valence-electron chi connectivity index (χ2n) is 2.59. The Morgan fingerprint density at radius 2 is 2.17 bits per heavy atom. The quantitative estimate of drug-likeness (QED) is 0.674. The van der Waals surface area contributed by atoms with E-state index in [9.17, 15) is 0 Å². The van der Waals surface area contributed by atoms with Crippen LogP contribution in [-0.2, 0) is 6.42 Å². The molecule has 1 nitrogen and oxygen atoms in total. The molecule has 0 aliphatic rings. The maximum atomic E-state index is 8.57. The number of fused-ring (bicyclic) bond motifs is 1. The standard InChI is InChI=1S/C10H7NSe/c11-6-5-8-7-12-10-4-2-1-3-9(8)10/h1-4,7H,5H2. The first kappa shape index (κ1) is 7.61. The first-order valence-corrected chi connectivity index (χ1v) is 5.58. The Balaban J connectivity index is 2.64. The first-order valence-electron chi connectivity index (χ1n) is 3.74. The summed E-state index contributed by atoms with van der Waals surface area (Å²) in [5.41, 5.74) is 1.22. The Labute approximate surface area is 77.0 Å². The summed E-state index contributed by atoms with van der Waals surface area (Å²) < 4.78 is 1.41. The Morgan fingerprint density at radius 1 is 1.33 bits per heavy atom. The van der Waals surface area contributed by atoms with Gasteiger partial charge in [0.05, 0.1) is 0 Å². The first-order chi connectivity index (χ1) is 5.92. The molecule has 0 saturated carbocycles. The predicted octanol–water partition coefficient (Wildman–Crippen LogP) is 1.96. The van der Waals surface area contributed by atoms with Crippen molar-refractivity contribution < 1.29 is 0 Å². The van der Waals surface area contributed by atoms with Crippen molar-refractivity contribution in [1.29, 1.82) is 5.26 Å². The Kier molecular flexibility index (Phi) is 1.99. The SMILES string of the molecule is N#CCc1c[se]c2ccccc12. The molecule has 0 saturated heterocycles. The third-order valence-electron chi connectivity index (χ3n) is 1.83. The van der Waals surface area contributed by atoms with Gasteiger partial charge in [-0.1, -0.05) is 0 Å². The van der Waals surface area contributed by atoms with E-state index < -0.39 is 0 Å². The van der Waals surface area contributed by atoms with Crippen LogP contribution in [-0.4, -0.2) is 14.5 Å². The van der Waals surface area contributed by atoms with Crippen LogP contribution in [0.3, 0.4) is 0 Å². The minimum atomic E-state index is 0.461. The number of hydrogen-bond acceptors (Lipinski definition) is 1. The molecule has 0 amide bonds. The van der Waals surface area contributed by atoms with E-state index in [1.165, 1.54) is 15.2 Å². The molecule has 58 valence electrons. The fraction of sp³-hybridized carbons (Fsp3) is 0.100. The third-order valence-corrected chi connectivity index (χ3v) is 3.95. The van der Waals surface area contributed by atoms with Crippen LogP contribution in [0.25, 0.3) is 9.65 Å². The van der Waals surface area contributed by atoms with Crippen molar-refractivity contribution in [2.75, 3.05) is 0 Å². The molecular formula is C10H7NSe. The van der Waals surface area contributed by atoms with Crippen LogP contribution in [0.2, 0.25) is 0 Å². The molecule has 1 aromatic heterocycles. The van der Waals surface area contributed by atoms with Gasteiger partial charge in [0.1, 0.15) is 0 Å². The van der Waals surface area contributed by atoms with Crippen LogP contribution in [0, 0.1) is 11.3 Å². The van der Waals surface area contributed by atoms with Gasteiger partial charge in [-0.05, 0) is 0 Å². The van der Waals surface area contributed by atoms with Crippen LogP contribution in [0.1, 0.15) is 5.56 Å². The zero-order chi connectivity index (χ0) is 8.39. The fourth-order valence-corrected chi connectivity index (χ4v) is 3.27. The molecule has 12 heavy (non-hydrogen) atoms. The minimum absolute atomic E-state index is 0.461.